The van der Waals surface area contributed by atoms with Crippen LogP contribution in [0.2, 0.25) is 15.2 Å². The van der Waals surface area contributed by atoms with Crippen molar-refractivity contribution >= 4 is 56.2 Å². The van der Waals surface area contributed by atoms with Crippen molar-refractivity contribution in [1.82, 2.24) is 4.98 Å². The number of benzene rings is 1. The first-order valence-corrected chi connectivity index (χ1v) is 8.48. The van der Waals surface area contributed by atoms with Gasteiger partial charge in [-0.05, 0) is 24.3 Å². The first-order chi connectivity index (χ1) is 9.70. The fourth-order valence-corrected chi connectivity index (χ4v) is 3.41. The Morgan fingerprint density at radius 1 is 1.14 bits per heavy atom. The average molecular weight is 368 g/mol. The number of nitrogens with zero attached hydrogens (tertiary/aromatic N) is 2. The molecule has 0 aliphatic heterocycles. The highest BCUT2D eigenvalue weighted by Crippen LogP contribution is 2.39. The maximum Gasteiger partial charge on any atom is 0.236 e. The molecule has 0 saturated heterocycles. The maximum atomic E-state index is 12.1. The molecule has 0 radical (unpaired) electrons. The Bertz CT molecular complexity index is 776. The number of halogens is 3. The highest BCUT2D eigenvalue weighted by Gasteiger charge is 2.24. The molecule has 2 rings (SSSR count). The molecule has 0 amide bonds. The molecule has 9 heteroatoms. The Labute approximate surface area is 136 Å². The van der Waals surface area contributed by atoms with Gasteiger partial charge in [0.05, 0.1) is 11.9 Å². The predicted octanol–water partition coefficient (Wildman–Crippen LogP) is 3.85. The highest BCUT2D eigenvalue weighted by atomic mass is 35.5. The Kier molecular flexibility index (Phi) is 4.53. The predicted molar refractivity (Wildman–Crippen MR) is 84.4 cm³/mol. The van der Waals surface area contributed by atoms with Crippen molar-refractivity contribution in [1.29, 1.82) is 0 Å². The van der Waals surface area contributed by atoms with Crippen LogP contribution in [0.15, 0.2) is 30.5 Å². The zero-order valence-corrected chi connectivity index (χ0v) is 13.7. The van der Waals surface area contributed by atoms with Gasteiger partial charge in [0, 0.05) is 16.2 Å². The van der Waals surface area contributed by atoms with Gasteiger partial charge in [-0.15, -0.1) is 0 Å². The van der Waals surface area contributed by atoms with Gasteiger partial charge in [0.1, 0.15) is 5.69 Å². The van der Waals surface area contributed by atoms with Gasteiger partial charge in [-0.1, -0.05) is 34.8 Å². The number of rotatable bonds is 3. The maximum absolute atomic E-state index is 12.1. The molecule has 0 bridgehead atoms. The van der Waals surface area contributed by atoms with Gasteiger partial charge in [0.2, 0.25) is 10.0 Å². The molecule has 112 valence electrons. The lowest BCUT2D eigenvalue weighted by Gasteiger charge is -2.23. The van der Waals surface area contributed by atoms with E-state index < -0.39 is 15.8 Å². The zero-order valence-electron chi connectivity index (χ0n) is 10.6. The number of pyridine rings is 1. The summed E-state index contributed by atoms with van der Waals surface area (Å²) in [6, 6.07) is 5.59. The van der Waals surface area contributed by atoms with Crippen molar-refractivity contribution in [2.45, 2.75) is 0 Å². The van der Waals surface area contributed by atoms with Crippen LogP contribution >= 0.6 is 34.8 Å². The van der Waals surface area contributed by atoms with Crippen molar-refractivity contribution in [3.63, 3.8) is 0 Å². The van der Waals surface area contributed by atoms with Crippen LogP contribution in [0.5, 0.6) is 5.75 Å². The summed E-state index contributed by atoms with van der Waals surface area (Å²) in [4.78, 5) is 3.67. The molecule has 0 atom stereocenters. The number of aromatic nitrogens is 1. The quantitative estimate of drug-likeness (QED) is 0.837. The molecule has 1 heterocycles. The van der Waals surface area contributed by atoms with Gasteiger partial charge < -0.3 is 5.11 Å². The van der Waals surface area contributed by atoms with E-state index in [1.807, 2.05) is 0 Å². The summed E-state index contributed by atoms with van der Waals surface area (Å²) in [5.41, 5.74) is 0.128. The van der Waals surface area contributed by atoms with Gasteiger partial charge in [0.15, 0.2) is 10.9 Å². The zero-order chi connectivity index (χ0) is 15.8. The number of aromatic hydroxyl groups is 1. The minimum absolute atomic E-state index is 0.0455. The second-order valence-electron chi connectivity index (χ2n) is 4.12. The normalized spacial score (nSPS) is 11.4. The van der Waals surface area contributed by atoms with Crippen LogP contribution in [0.4, 0.5) is 11.4 Å². The molecule has 1 N–H and O–H groups in total. The second kappa shape index (κ2) is 5.88. The molecule has 5 nitrogen and oxygen atoms in total. The summed E-state index contributed by atoms with van der Waals surface area (Å²) < 4.78 is 25.0. The molecule has 21 heavy (non-hydrogen) atoms. The minimum Gasteiger partial charge on any atom is -0.503 e. The Morgan fingerprint density at radius 2 is 1.71 bits per heavy atom. The number of hydrogen-bond donors (Lipinski definition) is 1. The SMILES string of the molecule is CS(=O)(=O)N(c1cc(Cl)cc(Cl)c1)c1ccnc(Cl)c1O. The molecule has 1 aromatic heterocycles. The standard InChI is InChI=1S/C12H9Cl3N2O3S/c1-21(19,20)17(9-5-7(13)4-8(14)6-9)10-2-3-16-12(15)11(10)18/h2-6,18H,1H3. The molecular formula is C12H9Cl3N2O3S. The van der Waals surface area contributed by atoms with Crippen LogP contribution in [0.25, 0.3) is 0 Å². The molecule has 0 saturated carbocycles. The smallest absolute Gasteiger partial charge is 0.236 e. The van der Waals surface area contributed by atoms with Crippen molar-refractivity contribution < 1.29 is 13.5 Å². The summed E-state index contributed by atoms with van der Waals surface area (Å²) in [6.07, 6.45) is 2.26. The first kappa shape index (κ1) is 16.2. The average Bonchev–Trinajstić information content (AvgIpc) is 2.32. The van der Waals surface area contributed by atoms with Crippen molar-refractivity contribution in [3.8, 4) is 5.75 Å². The van der Waals surface area contributed by atoms with Gasteiger partial charge in [0.25, 0.3) is 0 Å². The minimum atomic E-state index is -3.77. The van der Waals surface area contributed by atoms with Crippen molar-refractivity contribution in [2.24, 2.45) is 0 Å². The molecule has 0 unspecified atom stereocenters. The molecular weight excluding hydrogens is 359 g/mol. The first-order valence-electron chi connectivity index (χ1n) is 5.50. The lowest BCUT2D eigenvalue weighted by molar-refractivity contribution is 0.474. The summed E-state index contributed by atoms with van der Waals surface area (Å²) in [7, 11) is -3.77. The molecule has 1 aromatic carbocycles. The fourth-order valence-electron chi connectivity index (χ4n) is 1.75. The van der Waals surface area contributed by atoms with Gasteiger partial charge in [-0.3, -0.25) is 0 Å². The van der Waals surface area contributed by atoms with E-state index >= 15 is 0 Å². The Balaban J connectivity index is 2.73. The number of anilines is 2. The highest BCUT2D eigenvalue weighted by molar-refractivity contribution is 7.92. The Morgan fingerprint density at radius 3 is 2.24 bits per heavy atom. The van der Waals surface area contributed by atoms with Crippen LogP contribution in [0.1, 0.15) is 0 Å². The number of sulfonamides is 1. The van der Waals surface area contributed by atoms with E-state index in [4.69, 9.17) is 34.8 Å². The van der Waals surface area contributed by atoms with E-state index in [0.717, 1.165) is 10.6 Å². The van der Waals surface area contributed by atoms with Gasteiger partial charge >= 0.3 is 0 Å². The monoisotopic (exact) mass is 366 g/mol. The van der Waals surface area contributed by atoms with Gasteiger partial charge in [-0.2, -0.15) is 0 Å². The topological polar surface area (TPSA) is 70.5 Å². The summed E-state index contributed by atoms with van der Waals surface area (Å²) in [5, 5.41) is 10.3. The second-order valence-corrected chi connectivity index (χ2v) is 7.19. The number of hydrogen-bond acceptors (Lipinski definition) is 4. The van der Waals surface area contributed by atoms with Crippen LogP contribution < -0.4 is 4.31 Å². The van der Waals surface area contributed by atoms with E-state index in [9.17, 15) is 13.5 Å². The van der Waals surface area contributed by atoms with Gasteiger partial charge in [-0.25, -0.2) is 17.7 Å². The van der Waals surface area contributed by atoms with Crippen molar-refractivity contribution in [3.05, 3.63) is 45.7 Å². The molecule has 0 spiro atoms. The van der Waals surface area contributed by atoms with E-state index in [0.29, 0.717) is 0 Å². The summed E-state index contributed by atoms with van der Waals surface area (Å²) in [6.45, 7) is 0. The lowest BCUT2D eigenvalue weighted by atomic mass is 10.3. The third kappa shape index (κ3) is 3.52. The Hall–Kier alpha value is -1.21. The van der Waals surface area contributed by atoms with Crippen LogP contribution in [-0.2, 0) is 10.0 Å². The molecule has 0 aliphatic rings. The van der Waals surface area contributed by atoms with Crippen LogP contribution in [0, 0.1) is 0 Å². The molecule has 0 fully saturated rings. The van der Waals surface area contributed by atoms with E-state index in [-0.39, 0.29) is 26.6 Å². The van der Waals surface area contributed by atoms with Crippen LogP contribution in [-0.4, -0.2) is 24.8 Å². The summed E-state index contributed by atoms with van der Waals surface area (Å²) in [5.74, 6) is -0.458. The fraction of sp³-hybridized carbons (Fsp3) is 0.0833. The van der Waals surface area contributed by atoms with E-state index in [1.54, 1.807) is 0 Å². The third-order valence-corrected chi connectivity index (χ3v) is 4.27. The largest absolute Gasteiger partial charge is 0.503 e. The van der Waals surface area contributed by atoms with Crippen molar-refractivity contribution in [2.75, 3.05) is 10.6 Å². The molecule has 2 aromatic rings. The third-order valence-electron chi connectivity index (χ3n) is 2.49. The lowest BCUT2D eigenvalue weighted by Crippen LogP contribution is -2.24. The van der Waals surface area contributed by atoms with Crippen LogP contribution in [0.3, 0.4) is 0 Å². The van der Waals surface area contributed by atoms with E-state index in [1.165, 1.54) is 30.5 Å². The molecule has 0 aliphatic carbocycles. The van der Waals surface area contributed by atoms with E-state index in [2.05, 4.69) is 4.98 Å². The summed E-state index contributed by atoms with van der Waals surface area (Å²) >= 11 is 17.5.